The third kappa shape index (κ3) is 2.82. The molecule has 0 aromatic heterocycles. The summed E-state index contributed by atoms with van der Waals surface area (Å²) in [6, 6.07) is 0. The average Bonchev–Trinajstić information content (AvgIpc) is 2.94. The second-order valence-electron chi connectivity index (χ2n) is 6.62. The van der Waals surface area contributed by atoms with Crippen molar-refractivity contribution in [2.45, 2.75) is 50.2 Å². The normalized spacial score (nSPS) is 38.2. The third-order valence-electron chi connectivity index (χ3n) is 5.48. The molecule has 3 aliphatic rings. The molecule has 3 aliphatic heterocycles. The molecular formula is C15H26O3S. The van der Waals surface area contributed by atoms with Gasteiger partial charge in [-0.2, -0.15) is 11.8 Å². The van der Waals surface area contributed by atoms with Gasteiger partial charge in [0.1, 0.15) is 0 Å². The van der Waals surface area contributed by atoms with Crippen molar-refractivity contribution in [3.8, 4) is 0 Å². The number of aliphatic hydroxyl groups is 1. The predicted octanol–water partition coefficient (Wildman–Crippen LogP) is 2.47. The van der Waals surface area contributed by atoms with Crippen LogP contribution in [0.3, 0.4) is 0 Å². The minimum Gasteiger partial charge on any atom is -0.390 e. The van der Waals surface area contributed by atoms with Gasteiger partial charge in [0.25, 0.3) is 0 Å². The lowest BCUT2D eigenvalue weighted by molar-refractivity contribution is -0.156. The van der Waals surface area contributed by atoms with Crippen molar-refractivity contribution in [1.82, 2.24) is 0 Å². The summed E-state index contributed by atoms with van der Waals surface area (Å²) in [7, 11) is 0. The summed E-state index contributed by atoms with van der Waals surface area (Å²) in [5.74, 6) is 3.10. The summed E-state index contributed by atoms with van der Waals surface area (Å²) in [6.07, 6.45) is 5.36. The van der Waals surface area contributed by atoms with Crippen molar-refractivity contribution in [3.63, 3.8) is 0 Å². The summed E-state index contributed by atoms with van der Waals surface area (Å²) in [5, 5.41) is 11.0. The van der Waals surface area contributed by atoms with Crippen molar-refractivity contribution in [2.24, 2.45) is 11.8 Å². The zero-order chi connectivity index (χ0) is 13.3. The minimum absolute atomic E-state index is 0.0671. The summed E-state index contributed by atoms with van der Waals surface area (Å²) in [5.41, 5.74) is -0.518. The molecule has 0 saturated carbocycles. The summed E-state index contributed by atoms with van der Waals surface area (Å²) < 4.78 is 11.6. The number of ether oxygens (including phenoxy) is 2. The fraction of sp³-hybridized carbons (Fsp3) is 1.00. The first-order valence-corrected chi connectivity index (χ1v) is 8.80. The Hall–Kier alpha value is 0.230. The molecule has 3 nitrogen and oxygen atoms in total. The molecule has 0 aromatic carbocycles. The van der Waals surface area contributed by atoms with Gasteiger partial charge in [-0.25, -0.2) is 0 Å². The zero-order valence-electron chi connectivity index (χ0n) is 11.9. The van der Waals surface area contributed by atoms with Gasteiger partial charge in [0.15, 0.2) is 0 Å². The standard InChI is InChI=1S/C15H26O3S/c1-14(16,13-2-6-17-11-13)12-3-7-18-15(10-12)4-8-19-9-5-15/h12-13,16H,2-11H2,1H3. The highest BCUT2D eigenvalue weighted by Gasteiger charge is 2.48. The predicted molar refractivity (Wildman–Crippen MR) is 77.5 cm³/mol. The van der Waals surface area contributed by atoms with Crippen molar-refractivity contribution in [3.05, 3.63) is 0 Å². The molecule has 0 aliphatic carbocycles. The van der Waals surface area contributed by atoms with E-state index in [0.29, 0.717) is 11.8 Å². The van der Waals surface area contributed by atoms with Crippen LogP contribution in [0.15, 0.2) is 0 Å². The lowest BCUT2D eigenvalue weighted by atomic mass is 9.69. The lowest BCUT2D eigenvalue weighted by Gasteiger charge is -2.48. The molecule has 110 valence electrons. The van der Waals surface area contributed by atoms with Gasteiger partial charge in [-0.15, -0.1) is 0 Å². The van der Waals surface area contributed by atoms with Crippen LogP contribution in [0.1, 0.15) is 39.0 Å². The van der Waals surface area contributed by atoms with E-state index in [1.807, 2.05) is 18.7 Å². The number of thioether (sulfide) groups is 1. The van der Waals surface area contributed by atoms with E-state index in [4.69, 9.17) is 9.47 Å². The van der Waals surface area contributed by atoms with Crippen LogP contribution < -0.4 is 0 Å². The number of hydrogen-bond acceptors (Lipinski definition) is 4. The maximum Gasteiger partial charge on any atom is 0.0702 e. The molecule has 19 heavy (non-hydrogen) atoms. The highest BCUT2D eigenvalue weighted by Crippen LogP contribution is 2.45. The molecule has 4 heteroatoms. The molecule has 3 atom stereocenters. The Kier molecular flexibility index (Phi) is 4.14. The first-order valence-electron chi connectivity index (χ1n) is 7.64. The van der Waals surface area contributed by atoms with Crippen LogP contribution >= 0.6 is 11.8 Å². The molecule has 1 spiro atoms. The zero-order valence-corrected chi connectivity index (χ0v) is 12.7. The van der Waals surface area contributed by atoms with Gasteiger partial charge in [0.05, 0.1) is 17.8 Å². The molecule has 3 saturated heterocycles. The highest BCUT2D eigenvalue weighted by molar-refractivity contribution is 7.99. The maximum absolute atomic E-state index is 11.0. The first kappa shape index (κ1) is 14.2. The molecule has 0 aromatic rings. The smallest absolute Gasteiger partial charge is 0.0702 e. The number of hydrogen-bond donors (Lipinski definition) is 1. The van der Waals surface area contributed by atoms with Crippen LogP contribution in [0.2, 0.25) is 0 Å². The van der Waals surface area contributed by atoms with Crippen LogP contribution in [0.4, 0.5) is 0 Å². The van der Waals surface area contributed by atoms with Crippen molar-refractivity contribution in [1.29, 1.82) is 0 Å². The Bertz CT molecular complexity index is 301. The molecule has 3 heterocycles. The molecule has 3 fully saturated rings. The van der Waals surface area contributed by atoms with Gasteiger partial charge in [0, 0.05) is 19.1 Å². The number of rotatable bonds is 2. The SMILES string of the molecule is CC(O)(C1CCOC1)C1CCOC2(CCSCC2)C1. The van der Waals surface area contributed by atoms with Crippen molar-refractivity contribution < 1.29 is 14.6 Å². The topological polar surface area (TPSA) is 38.7 Å². The summed E-state index contributed by atoms with van der Waals surface area (Å²) >= 11 is 2.03. The average molecular weight is 286 g/mol. The first-order chi connectivity index (χ1) is 9.12. The molecule has 3 unspecified atom stereocenters. The van der Waals surface area contributed by atoms with Crippen LogP contribution in [0.5, 0.6) is 0 Å². The van der Waals surface area contributed by atoms with E-state index >= 15 is 0 Å². The van der Waals surface area contributed by atoms with E-state index in [9.17, 15) is 5.11 Å². The van der Waals surface area contributed by atoms with E-state index in [2.05, 4.69) is 0 Å². The van der Waals surface area contributed by atoms with Crippen LogP contribution in [-0.2, 0) is 9.47 Å². The Morgan fingerprint density at radius 2 is 1.89 bits per heavy atom. The Morgan fingerprint density at radius 3 is 2.58 bits per heavy atom. The second-order valence-corrected chi connectivity index (χ2v) is 7.84. The van der Waals surface area contributed by atoms with E-state index in [0.717, 1.165) is 51.9 Å². The molecule has 1 N–H and O–H groups in total. The lowest BCUT2D eigenvalue weighted by Crippen LogP contribution is -2.51. The second kappa shape index (κ2) is 5.55. The Morgan fingerprint density at radius 1 is 1.16 bits per heavy atom. The molecule has 0 radical (unpaired) electrons. The van der Waals surface area contributed by atoms with Gasteiger partial charge < -0.3 is 14.6 Å². The third-order valence-corrected chi connectivity index (χ3v) is 6.47. The minimum atomic E-state index is -0.585. The monoisotopic (exact) mass is 286 g/mol. The van der Waals surface area contributed by atoms with Crippen LogP contribution in [-0.4, -0.2) is 47.6 Å². The highest BCUT2D eigenvalue weighted by atomic mass is 32.2. The van der Waals surface area contributed by atoms with Crippen LogP contribution in [0.25, 0.3) is 0 Å². The quantitative estimate of drug-likeness (QED) is 0.846. The molecule has 3 rings (SSSR count). The van der Waals surface area contributed by atoms with Gasteiger partial charge in [-0.3, -0.25) is 0 Å². The maximum atomic E-state index is 11.0. The summed E-state index contributed by atoms with van der Waals surface area (Å²) in [6.45, 7) is 4.39. The van der Waals surface area contributed by atoms with Crippen molar-refractivity contribution >= 4 is 11.8 Å². The fourth-order valence-electron chi connectivity index (χ4n) is 3.95. The van der Waals surface area contributed by atoms with E-state index in [1.165, 1.54) is 11.5 Å². The largest absolute Gasteiger partial charge is 0.390 e. The van der Waals surface area contributed by atoms with E-state index in [-0.39, 0.29) is 5.60 Å². The van der Waals surface area contributed by atoms with E-state index in [1.54, 1.807) is 0 Å². The Balaban J connectivity index is 1.69. The molecule has 0 bridgehead atoms. The molecular weight excluding hydrogens is 260 g/mol. The molecule has 0 amide bonds. The van der Waals surface area contributed by atoms with Gasteiger partial charge in [-0.1, -0.05) is 0 Å². The van der Waals surface area contributed by atoms with E-state index < -0.39 is 5.60 Å². The van der Waals surface area contributed by atoms with Gasteiger partial charge in [-0.05, 0) is 56.5 Å². The fourth-order valence-corrected chi connectivity index (χ4v) is 5.18. The van der Waals surface area contributed by atoms with Gasteiger partial charge in [0.2, 0.25) is 0 Å². The van der Waals surface area contributed by atoms with Gasteiger partial charge >= 0.3 is 0 Å². The van der Waals surface area contributed by atoms with Crippen LogP contribution in [0, 0.1) is 11.8 Å². The Labute approximate surface area is 120 Å². The van der Waals surface area contributed by atoms with Crippen molar-refractivity contribution in [2.75, 3.05) is 31.3 Å². The summed E-state index contributed by atoms with van der Waals surface area (Å²) in [4.78, 5) is 0.